The van der Waals surface area contributed by atoms with E-state index >= 15 is 0 Å². The number of nitrogens with one attached hydrogen (secondary N) is 1. The Labute approximate surface area is 124 Å². The molecular formula is C15H20ClN3O. The molecule has 5 heteroatoms. The molecule has 0 aliphatic rings. The lowest BCUT2D eigenvalue weighted by Gasteiger charge is -2.19. The van der Waals surface area contributed by atoms with Gasteiger partial charge in [0.25, 0.3) is 0 Å². The maximum absolute atomic E-state index is 6.07. The van der Waals surface area contributed by atoms with Crippen LogP contribution in [0, 0.1) is 0 Å². The van der Waals surface area contributed by atoms with Crippen LogP contribution in [0.1, 0.15) is 39.3 Å². The van der Waals surface area contributed by atoms with Crippen molar-refractivity contribution < 1.29 is 4.42 Å². The molecule has 0 fully saturated rings. The Hall–Kier alpha value is -1.55. The highest BCUT2D eigenvalue weighted by Gasteiger charge is 2.19. The third kappa shape index (κ3) is 3.97. The molecule has 0 amide bonds. The van der Waals surface area contributed by atoms with Crippen molar-refractivity contribution in [3.8, 4) is 0 Å². The molecule has 0 saturated carbocycles. The van der Waals surface area contributed by atoms with Gasteiger partial charge >= 0.3 is 0 Å². The van der Waals surface area contributed by atoms with Crippen molar-refractivity contribution in [1.82, 2.24) is 9.97 Å². The van der Waals surface area contributed by atoms with Crippen LogP contribution in [0.25, 0.3) is 0 Å². The van der Waals surface area contributed by atoms with Gasteiger partial charge in [-0.3, -0.25) is 0 Å². The smallest absolute Gasteiger partial charge is 0.137 e. The number of anilines is 1. The molecule has 1 atom stereocenters. The van der Waals surface area contributed by atoms with E-state index in [9.17, 15) is 0 Å². The van der Waals surface area contributed by atoms with Gasteiger partial charge in [0.2, 0.25) is 0 Å². The molecule has 2 heterocycles. The molecule has 0 aliphatic carbocycles. The summed E-state index contributed by atoms with van der Waals surface area (Å²) in [5.41, 5.74) is -0.133. The second kappa shape index (κ2) is 5.83. The summed E-state index contributed by atoms with van der Waals surface area (Å²) in [4.78, 5) is 8.82. The minimum Gasteiger partial charge on any atom is -0.469 e. The van der Waals surface area contributed by atoms with E-state index in [0.717, 1.165) is 23.8 Å². The van der Waals surface area contributed by atoms with Crippen molar-refractivity contribution in [2.75, 3.05) is 5.32 Å². The molecule has 20 heavy (non-hydrogen) atoms. The minimum atomic E-state index is -0.133. The van der Waals surface area contributed by atoms with Gasteiger partial charge in [0, 0.05) is 23.9 Å². The van der Waals surface area contributed by atoms with Gasteiger partial charge in [0.15, 0.2) is 0 Å². The zero-order valence-electron chi connectivity index (χ0n) is 12.3. The predicted molar refractivity (Wildman–Crippen MR) is 81.2 cm³/mol. The number of rotatable bonds is 4. The van der Waals surface area contributed by atoms with E-state index in [0.29, 0.717) is 5.15 Å². The first-order valence-corrected chi connectivity index (χ1v) is 7.06. The van der Waals surface area contributed by atoms with Crippen molar-refractivity contribution >= 4 is 17.4 Å². The molecule has 108 valence electrons. The van der Waals surface area contributed by atoms with Gasteiger partial charge in [0.1, 0.15) is 22.6 Å². The zero-order chi connectivity index (χ0) is 14.8. The molecule has 0 radical (unpaired) electrons. The van der Waals surface area contributed by atoms with E-state index in [2.05, 4.69) is 43.0 Å². The Morgan fingerprint density at radius 1 is 1.35 bits per heavy atom. The summed E-state index contributed by atoms with van der Waals surface area (Å²) in [5, 5.41) is 3.79. The summed E-state index contributed by atoms with van der Waals surface area (Å²) in [7, 11) is 0. The highest BCUT2D eigenvalue weighted by atomic mass is 35.5. The molecule has 0 saturated heterocycles. The van der Waals surface area contributed by atoms with Crippen LogP contribution < -0.4 is 5.32 Å². The Kier molecular flexibility index (Phi) is 4.33. The van der Waals surface area contributed by atoms with E-state index < -0.39 is 0 Å². The molecule has 2 aromatic rings. The maximum atomic E-state index is 6.07. The lowest BCUT2D eigenvalue weighted by atomic mass is 9.96. The number of hydrogen-bond acceptors (Lipinski definition) is 4. The first kappa shape index (κ1) is 14.9. The molecule has 0 aromatic carbocycles. The molecule has 4 nitrogen and oxygen atoms in total. The van der Waals surface area contributed by atoms with Crippen molar-refractivity contribution in [2.24, 2.45) is 0 Å². The van der Waals surface area contributed by atoms with Crippen LogP contribution in [0.5, 0.6) is 0 Å². The SMILES string of the molecule is CC(Cc1ccco1)Nc1cc(Cl)nc(C(C)(C)C)n1. The highest BCUT2D eigenvalue weighted by molar-refractivity contribution is 6.29. The van der Waals surface area contributed by atoms with Gasteiger partial charge in [-0.25, -0.2) is 9.97 Å². The summed E-state index contributed by atoms with van der Waals surface area (Å²) in [5.74, 6) is 2.42. The molecule has 2 rings (SSSR count). The lowest BCUT2D eigenvalue weighted by Crippen LogP contribution is -2.21. The summed E-state index contributed by atoms with van der Waals surface area (Å²) in [6.07, 6.45) is 2.47. The number of hydrogen-bond donors (Lipinski definition) is 1. The third-order valence-corrected chi connectivity index (χ3v) is 3.04. The van der Waals surface area contributed by atoms with Gasteiger partial charge in [-0.05, 0) is 19.1 Å². The summed E-state index contributed by atoms with van der Waals surface area (Å²) >= 11 is 6.07. The van der Waals surface area contributed by atoms with Gasteiger partial charge < -0.3 is 9.73 Å². The fourth-order valence-electron chi connectivity index (χ4n) is 1.86. The molecule has 0 spiro atoms. The number of nitrogens with zero attached hydrogens (tertiary/aromatic N) is 2. The lowest BCUT2D eigenvalue weighted by molar-refractivity contribution is 0.497. The standard InChI is InChI=1S/C15H20ClN3O/c1-10(8-11-6-5-7-20-11)17-13-9-12(16)18-14(19-13)15(2,3)4/h5-7,9-10H,8H2,1-4H3,(H,17,18,19). The predicted octanol–water partition coefficient (Wildman–Crippen LogP) is 4.06. The van der Waals surface area contributed by atoms with E-state index in [1.807, 2.05) is 12.1 Å². The van der Waals surface area contributed by atoms with Crippen LogP contribution >= 0.6 is 11.6 Å². The number of aromatic nitrogens is 2. The second-order valence-electron chi connectivity index (χ2n) is 5.98. The van der Waals surface area contributed by atoms with Crippen LogP contribution in [0.2, 0.25) is 5.15 Å². The Morgan fingerprint density at radius 2 is 2.10 bits per heavy atom. The van der Waals surface area contributed by atoms with Crippen molar-refractivity contribution in [1.29, 1.82) is 0 Å². The summed E-state index contributed by atoms with van der Waals surface area (Å²) in [6.45, 7) is 8.27. The van der Waals surface area contributed by atoms with Gasteiger partial charge in [0.05, 0.1) is 6.26 Å². The topological polar surface area (TPSA) is 51.0 Å². The molecule has 0 bridgehead atoms. The summed E-state index contributed by atoms with van der Waals surface area (Å²) < 4.78 is 5.34. The van der Waals surface area contributed by atoms with E-state index in [4.69, 9.17) is 16.0 Å². The zero-order valence-corrected chi connectivity index (χ0v) is 13.0. The van der Waals surface area contributed by atoms with Gasteiger partial charge in [-0.1, -0.05) is 32.4 Å². The van der Waals surface area contributed by atoms with Gasteiger partial charge in [-0.2, -0.15) is 0 Å². The number of furan rings is 1. The van der Waals surface area contributed by atoms with Crippen molar-refractivity contribution in [3.63, 3.8) is 0 Å². The normalized spacial score (nSPS) is 13.2. The molecule has 2 aromatic heterocycles. The first-order chi connectivity index (χ1) is 9.34. The largest absolute Gasteiger partial charge is 0.469 e. The molecule has 0 aliphatic heterocycles. The van der Waals surface area contributed by atoms with Crippen LogP contribution in [0.15, 0.2) is 28.9 Å². The monoisotopic (exact) mass is 293 g/mol. The van der Waals surface area contributed by atoms with Crippen LogP contribution in [-0.4, -0.2) is 16.0 Å². The fourth-order valence-corrected chi connectivity index (χ4v) is 2.04. The average Bonchev–Trinajstić information content (AvgIpc) is 2.79. The van der Waals surface area contributed by atoms with E-state index in [-0.39, 0.29) is 11.5 Å². The Bertz CT molecular complexity index is 561. The molecule has 1 unspecified atom stereocenters. The average molecular weight is 294 g/mol. The first-order valence-electron chi connectivity index (χ1n) is 6.68. The quantitative estimate of drug-likeness (QED) is 0.864. The van der Waals surface area contributed by atoms with Crippen LogP contribution in [0.4, 0.5) is 5.82 Å². The van der Waals surface area contributed by atoms with Crippen molar-refractivity contribution in [3.05, 3.63) is 41.2 Å². The molecule has 1 N–H and O–H groups in total. The Balaban J connectivity index is 2.11. The van der Waals surface area contributed by atoms with Crippen LogP contribution in [0.3, 0.4) is 0 Å². The van der Waals surface area contributed by atoms with Crippen LogP contribution in [-0.2, 0) is 11.8 Å². The van der Waals surface area contributed by atoms with E-state index in [1.165, 1.54) is 0 Å². The Morgan fingerprint density at radius 3 is 2.70 bits per heavy atom. The van der Waals surface area contributed by atoms with Crippen molar-refractivity contribution in [2.45, 2.75) is 45.6 Å². The minimum absolute atomic E-state index is 0.133. The highest BCUT2D eigenvalue weighted by Crippen LogP contribution is 2.22. The molecular weight excluding hydrogens is 274 g/mol. The fraction of sp³-hybridized carbons (Fsp3) is 0.467. The summed E-state index contributed by atoms with van der Waals surface area (Å²) in [6, 6.07) is 5.79. The van der Waals surface area contributed by atoms with Gasteiger partial charge in [-0.15, -0.1) is 0 Å². The maximum Gasteiger partial charge on any atom is 0.137 e. The van der Waals surface area contributed by atoms with E-state index in [1.54, 1.807) is 12.3 Å². The second-order valence-corrected chi connectivity index (χ2v) is 6.37. The third-order valence-electron chi connectivity index (χ3n) is 2.85. The number of halogens is 1.